The smallest absolute Gasteiger partial charge is 0.0978 e. The molecule has 1 aromatic rings. The third-order valence-corrected chi connectivity index (χ3v) is 5.57. The standard InChI is InChI=1S/C16H18O2/c1-2-12-4-3-11(1)5-7-15-9-14-16(18-14,8-6-12)10-13(15)17-15/h1-4,13-14H,5-10H2. The van der Waals surface area contributed by atoms with Crippen LogP contribution in [0.2, 0.25) is 0 Å². The second-order valence-electron chi connectivity index (χ2n) is 6.57. The lowest BCUT2D eigenvalue weighted by Gasteiger charge is -2.21. The zero-order valence-corrected chi connectivity index (χ0v) is 10.5. The van der Waals surface area contributed by atoms with E-state index in [1.807, 2.05) is 0 Å². The summed E-state index contributed by atoms with van der Waals surface area (Å²) in [4.78, 5) is 0. The van der Waals surface area contributed by atoms with E-state index in [9.17, 15) is 0 Å². The largest absolute Gasteiger partial charge is 0.366 e. The molecule has 18 heavy (non-hydrogen) atoms. The SMILES string of the molecule is c1cc2ccc1CCC13CC4OC4(CC2)CC1O3. The predicted molar refractivity (Wildman–Crippen MR) is 67.5 cm³/mol. The Kier molecular flexibility index (Phi) is 1.66. The quantitative estimate of drug-likeness (QED) is 0.653. The van der Waals surface area contributed by atoms with E-state index in [2.05, 4.69) is 24.3 Å². The highest BCUT2D eigenvalue weighted by molar-refractivity contribution is 5.28. The molecule has 2 nitrogen and oxygen atoms in total. The van der Waals surface area contributed by atoms with Gasteiger partial charge in [0.25, 0.3) is 0 Å². The Bertz CT molecular complexity index is 461. The third-order valence-electron chi connectivity index (χ3n) is 5.57. The van der Waals surface area contributed by atoms with Gasteiger partial charge < -0.3 is 9.47 Å². The van der Waals surface area contributed by atoms with E-state index in [-0.39, 0.29) is 11.2 Å². The van der Waals surface area contributed by atoms with Gasteiger partial charge in [-0.25, -0.2) is 0 Å². The van der Waals surface area contributed by atoms with E-state index in [1.54, 1.807) is 0 Å². The summed E-state index contributed by atoms with van der Waals surface area (Å²) < 4.78 is 12.1. The Hall–Kier alpha value is -0.860. The highest BCUT2D eigenvalue weighted by Gasteiger charge is 2.72. The van der Waals surface area contributed by atoms with Gasteiger partial charge in [0.05, 0.1) is 23.4 Å². The molecule has 2 spiro atoms. The molecule has 2 saturated heterocycles. The molecule has 0 N–H and O–H groups in total. The van der Waals surface area contributed by atoms with Gasteiger partial charge in [0.2, 0.25) is 0 Å². The van der Waals surface area contributed by atoms with Crippen molar-refractivity contribution in [2.24, 2.45) is 0 Å². The van der Waals surface area contributed by atoms with Crippen LogP contribution in [0.5, 0.6) is 0 Å². The predicted octanol–water partition coefficient (Wildman–Crippen LogP) is 2.63. The number of benzene rings is 1. The molecule has 1 saturated carbocycles. The van der Waals surface area contributed by atoms with Gasteiger partial charge >= 0.3 is 0 Å². The van der Waals surface area contributed by atoms with Crippen molar-refractivity contribution in [2.75, 3.05) is 0 Å². The van der Waals surface area contributed by atoms with Gasteiger partial charge in [0.15, 0.2) is 0 Å². The normalized spacial score (nSPS) is 47.8. The van der Waals surface area contributed by atoms with Crippen LogP contribution in [0, 0.1) is 0 Å². The first kappa shape index (κ1) is 9.99. The third kappa shape index (κ3) is 1.25. The van der Waals surface area contributed by atoms with E-state index in [1.165, 1.54) is 24.0 Å². The molecule has 2 heterocycles. The lowest BCUT2D eigenvalue weighted by molar-refractivity contribution is 0.215. The molecular weight excluding hydrogens is 224 g/mol. The minimum atomic E-state index is 0.183. The van der Waals surface area contributed by atoms with Gasteiger partial charge in [-0.1, -0.05) is 24.3 Å². The molecular formula is C16H18O2. The summed E-state index contributed by atoms with van der Waals surface area (Å²) in [6, 6.07) is 9.17. The van der Waals surface area contributed by atoms with Crippen LogP contribution in [0.15, 0.2) is 24.3 Å². The molecule has 4 bridgehead atoms. The molecule has 0 amide bonds. The summed E-state index contributed by atoms with van der Waals surface area (Å²) >= 11 is 0. The van der Waals surface area contributed by atoms with Gasteiger partial charge in [0.1, 0.15) is 0 Å². The van der Waals surface area contributed by atoms with Crippen molar-refractivity contribution in [1.29, 1.82) is 0 Å². The van der Waals surface area contributed by atoms with Crippen molar-refractivity contribution in [3.63, 3.8) is 0 Å². The van der Waals surface area contributed by atoms with Crippen LogP contribution >= 0.6 is 0 Å². The summed E-state index contributed by atoms with van der Waals surface area (Å²) in [7, 11) is 0. The maximum Gasteiger partial charge on any atom is 0.0978 e. The Morgan fingerprint density at radius 1 is 0.778 bits per heavy atom. The van der Waals surface area contributed by atoms with Crippen molar-refractivity contribution in [3.05, 3.63) is 35.4 Å². The number of hydrogen-bond acceptors (Lipinski definition) is 2. The van der Waals surface area contributed by atoms with Gasteiger partial charge in [-0.15, -0.1) is 0 Å². The molecule has 2 heteroatoms. The van der Waals surface area contributed by atoms with Crippen LogP contribution < -0.4 is 0 Å². The van der Waals surface area contributed by atoms with Crippen LogP contribution in [-0.4, -0.2) is 23.4 Å². The van der Waals surface area contributed by atoms with Crippen molar-refractivity contribution >= 4 is 0 Å². The lowest BCUT2D eigenvalue weighted by atomic mass is 9.77. The van der Waals surface area contributed by atoms with E-state index in [0.29, 0.717) is 12.2 Å². The summed E-state index contributed by atoms with van der Waals surface area (Å²) in [5.41, 5.74) is 3.28. The maximum absolute atomic E-state index is 6.06. The topological polar surface area (TPSA) is 25.1 Å². The number of aryl methyl sites for hydroxylation is 2. The first-order valence-electron chi connectivity index (χ1n) is 7.22. The summed E-state index contributed by atoms with van der Waals surface area (Å²) in [5.74, 6) is 0. The zero-order chi connectivity index (χ0) is 11.8. The molecule has 7 aliphatic rings. The zero-order valence-electron chi connectivity index (χ0n) is 10.5. The number of ether oxygens (including phenoxy) is 2. The Morgan fingerprint density at radius 3 is 1.67 bits per heavy atom. The van der Waals surface area contributed by atoms with E-state index < -0.39 is 0 Å². The van der Waals surface area contributed by atoms with E-state index in [0.717, 1.165) is 25.7 Å². The van der Waals surface area contributed by atoms with Crippen LogP contribution in [0.25, 0.3) is 0 Å². The molecule has 3 fully saturated rings. The molecule has 94 valence electrons. The molecule has 5 aliphatic carbocycles. The summed E-state index contributed by atoms with van der Waals surface area (Å²) in [6.07, 6.45) is 7.93. The molecule has 0 radical (unpaired) electrons. The first-order chi connectivity index (χ1) is 8.78. The molecule has 2 aliphatic heterocycles. The Labute approximate surface area is 107 Å². The van der Waals surface area contributed by atoms with Crippen molar-refractivity contribution in [2.45, 2.75) is 61.9 Å². The minimum absolute atomic E-state index is 0.183. The second kappa shape index (κ2) is 3.00. The Morgan fingerprint density at radius 2 is 1.22 bits per heavy atom. The molecule has 4 atom stereocenters. The average molecular weight is 242 g/mol. The lowest BCUT2D eigenvalue weighted by Crippen LogP contribution is -2.32. The summed E-state index contributed by atoms with van der Waals surface area (Å²) in [6.45, 7) is 0. The van der Waals surface area contributed by atoms with Crippen LogP contribution in [0.3, 0.4) is 0 Å². The minimum Gasteiger partial charge on any atom is -0.366 e. The molecule has 8 rings (SSSR count). The van der Waals surface area contributed by atoms with Crippen LogP contribution in [0.1, 0.15) is 36.8 Å². The highest BCUT2D eigenvalue weighted by Crippen LogP contribution is 2.63. The Balaban J connectivity index is 1.53. The van der Waals surface area contributed by atoms with Gasteiger partial charge in [0, 0.05) is 12.8 Å². The van der Waals surface area contributed by atoms with Gasteiger partial charge in [-0.2, -0.15) is 0 Å². The van der Waals surface area contributed by atoms with Gasteiger partial charge in [-0.05, 0) is 36.8 Å². The average Bonchev–Trinajstić information content (AvgIpc) is 3.23. The molecule has 0 aromatic heterocycles. The first-order valence-corrected chi connectivity index (χ1v) is 7.22. The fourth-order valence-corrected chi connectivity index (χ4v) is 4.17. The maximum atomic E-state index is 6.06. The molecule has 4 unspecified atom stereocenters. The van der Waals surface area contributed by atoms with E-state index in [4.69, 9.17) is 9.47 Å². The fourth-order valence-electron chi connectivity index (χ4n) is 4.17. The number of hydrogen-bond donors (Lipinski definition) is 0. The van der Waals surface area contributed by atoms with Crippen LogP contribution in [-0.2, 0) is 22.3 Å². The van der Waals surface area contributed by atoms with E-state index >= 15 is 0 Å². The fraction of sp³-hybridized carbons (Fsp3) is 0.625. The summed E-state index contributed by atoms with van der Waals surface area (Å²) in [5, 5.41) is 0. The monoisotopic (exact) mass is 242 g/mol. The van der Waals surface area contributed by atoms with Crippen molar-refractivity contribution < 1.29 is 9.47 Å². The number of rotatable bonds is 0. The second-order valence-corrected chi connectivity index (χ2v) is 6.57. The highest BCUT2D eigenvalue weighted by atomic mass is 16.6. The van der Waals surface area contributed by atoms with Crippen molar-refractivity contribution in [1.82, 2.24) is 0 Å². The van der Waals surface area contributed by atoms with Crippen molar-refractivity contribution in [3.8, 4) is 0 Å². The number of epoxide rings is 2. The van der Waals surface area contributed by atoms with Crippen LogP contribution in [0.4, 0.5) is 0 Å². The molecule has 1 aromatic carbocycles. The van der Waals surface area contributed by atoms with Gasteiger partial charge in [-0.3, -0.25) is 0 Å².